The number of hydrogen-bond acceptors (Lipinski definition) is 6. The quantitative estimate of drug-likeness (QED) is 0.591. The van der Waals surface area contributed by atoms with Gasteiger partial charge in [0.15, 0.2) is 17.2 Å². The van der Waals surface area contributed by atoms with Gasteiger partial charge in [-0.25, -0.2) is 4.68 Å². The predicted molar refractivity (Wildman–Crippen MR) is 150 cm³/mol. The molecule has 1 saturated carbocycles. The van der Waals surface area contributed by atoms with Gasteiger partial charge in [0.25, 0.3) is 5.91 Å². The molecule has 0 bridgehead atoms. The molecule has 0 unspecified atom stereocenters. The number of ether oxygens (including phenoxy) is 2. The van der Waals surface area contributed by atoms with Crippen LogP contribution in [-0.2, 0) is 11.2 Å². The lowest BCUT2D eigenvalue weighted by molar-refractivity contribution is -0.137. The summed E-state index contributed by atoms with van der Waals surface area (Å²) in [5.41, 5.74) is 3.20. The number of carbonyl (C=O) groups excluding carboxylic acids is 2. The van der Waals surface area contributed by atoms with Crippen LogP contribution in [0.2, 0.25) is 0 Å². The average molecular weight is 534 g/mol. The lowest BCUT2D eigenvalue weighted by atomic mass is 9.85. The highest BCUT2D eigenvalue weighted by atomic mass is 16.5. The first-order valence-electron chi connectivity index (χ1n) is 14.1. The fourth-order valence-electron chi connectivity index (χ4n) is 5.75. The van der Waals surface area contributed by atoms with Crippen LogP contribution < -0.4 is 20.1 Å². The van der Waals surface area contributed by atoms with E-state index in [1.165, 1.54) is 0 Å². The number of methoxy groups -OCH3 is 2. The Kier molecular flexibility index (Phi) is 8.66. The van der Waals surface area contributed by atoms with Gasteiger partial charge >= 0.3 is 0 Å². The van der Waals surface area contributed by atoms with Crippen LogP contribution in [0.25, 0.3) is 5.70 Å². The van der Waals surface area contributed by atoms with Crippen molar-refractivity contribution in [3.63, 3.8) is 0 Å². The van der Waals surface area contributed by atoms with Crippen molar-refractivity contribution >= 4 is 17.5 Å². The Morgan fingerprint density at radius 3 is 2.54 bits per heavy atom. The highest BCUT2D eigenvalue weighted by molar-refractivity contribution is 5.93. The number of nitrogens with zero attached hydrogens (tertiary/aromatic N) is 3. The minimum absolute atomic E-state index is 0.0563. The van der Waals surface area contributed by atoms with Crippen LogP contribution in [0.4, 0.5) is 0 Å². The second-order valence-electron chi connectivity index (χ2n) is 10.5. The summed E-state index contributed by atoms with van der Waals surface area (Å²) in [6.45, 7) is 3.31. The van der Waals surface area contributed by atoms with Crippen LogP contribution in [0, 0.1) is 5.92 Å². The van der Waals surface area contributed by atoms with E-state index < -0.39 is 0 Å². The minimum Gasteiger partial charge on any atom is -0.493 e. The Morgan fingerprint density at radius 2 is 1.79 bits per heavy atom. The first kappa shape index (κ1) is 27.0. The number of fused-ring (bicyclic) bond motifs is 1. The molecule has 0 atom stereocenters. The monoisotopic (exact) mass is 533 g/mol. The number of hydrogen-bond donors (Lipinski definition) is 2. The molecule has 0 spiro atoms. The summed E-state index contributed by atoms with van der Waals surface area (Å²) < 4.78 is 12.8. The van der Waals surface area contributed by atoms with Gasteiger partial charge in [-0.05, 0) is 75.3 Å². The molecule has 1 saturated heterocycles. The number of benzene rings is 1. The van der Waals surface area contributed by atoms with Gasteiger partial charge in [0.05, 0.1) is 19.9 Å². The molecule has 1 aromatic carbocycles. The first-order chi connectivity index (χ1) is 19.1. The fourth-order valence-corrected chi connectivity index (χ4v) is 5.75. The van der Waals surface area contributed by atoms with Gasteiger partial charge in [-0.3, -0.25) is 9.59 Å². The van der Waals surface area contributed by atoms with Crippen molar-refractivity contribution in [3.05, 3.63) is 59.4 Å². The Hall–Kier alpha value is -3.59. The van der Waals surface area contributed by atoms with E-state index in [1.54, 1.807) is 14.2 Å². The van der Waals surface area contributed by atoms with Gasteiger partial charge in [-0.1, -0.05) is 12.2 Å². The molecule has 1 aromatic heterocycles. The zero-order valence-corrected chi connectivity index (χ0v) is 22.9. The molecular weight excluding hydrogens is 494 g/mol. The summed E-state index contributed by atoms with van der Waals surface area (Å²) in [5, 5.41) is 11.3. The smallest absolute Gasteiger partial charge is 0.272 e. The molecule has 2 N–H and O–H groups in total. The third-order valence-electron chi connectivity index (χ3n) is 7.96. The van der Waals surface area contributed by atoms with Crippen LogP contribution in [-0.4, -0.2) is 72.9 Å². The number of piperazine rings is 1. The zero-order valence-electron chi connectivity index (χ0n) is 22.9. The van der Waals surface area contributed by atoms with Gasteiger partial charge in [0.1, 0.15) is 0 Å². The maximum absolute atomic E-state index is 13.3. The summed E-state index contributed by atoms with van der Waals surface area (Å²) in [6, 6.07) is 7.76. The molecule has 9 heteroatoms. The molecule has 0 radical (unpaired) electrons. The number of rotatable bonds is 6. The van der Waals surface area contributed by atoms with Crippen LogP contribution in [0.15, 0.2) is 42.5 Å². The van der Waals surface area contributed by atoms with Crippen molar-refractivity contribution in [3.8, 4) is 11.5 Å². The van der Waals surface area contributed by atoms with Crippen molar-refractivity contribution in [2.75, 3.05) is 40.4 Å². The maximum atomic E-state index is 13.3. The number of carbonyl (C=O) groups is 2. The number of allylic oxidation sites excluding steroid dienone is 3. The van der Waals surface area contributed by atoms with Gasteiger partial charge in [0.2, 0.25) is 5.91 Å². The second-order valence-corrected chi connectivity index (χ2v) is 10.5. The lowest BCUT2D eigenvalue weighted by Crippen LogP contribution is -2.49. The Bertz CT molecular complexity index is 1240. The third-order valence-corrected chi connectivity index (χ3v) is 7.96. The summed E-state index contributed by atoms with van der Waals surface area (Å²) in [4.78, 5) is 28.2. The molecule has 5 rings (SSSR count). The van der Waals surface area contributed by atoms with E-state index in [4.69, 9.17) is 14.6 Å². The SMILES string of the molecule is COc1ccc(/C2=C/C=C\CCCc3cc(C(=O)NC4CCC(C(=O)N5CCNCC5)CC4)nn32)cc1OC. The van der Waals surface area contributed by atoms with Crippen molar-refractivity contribution in [1.82, 2.24) is 25.3 Å². The molecule has 2 amide bonds. The molecule has 1 aliphatic carbocycles. The zero-order chi connectivity index (χ0) is 27.2. The van der Waals surface area contributed by atoms with Crippen LogP contribution in [0.3, 0.4) is 0 Å². The molecule has 2 aromatic rings. The number of aryl methyl sites for hydroxylation is 1. The van der Waals surface area contributed by atoms with Gasteiger partial charge < -0.3 is 25.0 Å². The predicted octanol–water partition coefficient (Wildman–Crippen LogP) is 3.40. The Balaban J connectivity index is 1.29. The fraction of sp³-hybridized carbons (Fsp3) is 0.500. The van der Waals surface area contributed by atoms with E-state index >= 15 is 0 Å². The van der Waals surface area contributed by atoms with Crippen LogP contribution in [0.5, 0.6) is 11.5 Å². The summed E-state index contributed by atoms with van der Waals surface area (Å²) >= 11 is 0. The summed E-state index contributed by atoms with van der Waals surface area (Å²) in [5.74, 6) is 1.47. The second kappa shape index (κ2) is 12.5. The molecule has 39 heavy (non-hydrogen) atoms. The molecule has 2 aliphatic heterocycles. The number of nitrogens with one attached hydrogen (secondary N) is 2. The molecule has 3 aliphatic rings. The minimum atomic E-state index is -0.161. The standard InChI is InChI=1S/C30H39N5O4/c1-38-27-14-11-22(19-28(27)39-2)26-8-6-4-3-5-7-24-20-25(33-35(24)26)29(36)32-23-12-9-21(10-13-23)30(37)34-17-15-31-16-18-34/h4,6,8,11,14,19-21,23,31H,3,5,7,9-10,12-13,15-18H2,1-2H3,(H,32,36)/b6-4-,26-8-. The Labute approximate surface area is 230 Å². The van der Waals surface area contributed by atoms with Gasteiger partial charge in [-0.2, -0.15) is 5.10 Å². The maximum Gasteiger partial charge on any atom is 0.272 e. The normalized spacial score (nSPS) is 23.7. The van der Waals surface area contributed by atoms with E-state index in [0.29, 0.717) is 17.2 Å². The van der Waals surface area contributed by atoms with Crippen molar-refractivity contribution in [2.24, 2.45) is 5.92 Å². The summed E-state index contributed by atoms with van der Waals surface area (Å²) in [6.07, 6.45) is 12.2. The van der Waals surface area contributed by atoms with E-state index in [1.807, 2.05) is 46.0 Å². The average Bonchev–Trinajstić information content (AvgIpc) is 3.43. The van der Waals surface area contributed by atoms with Gasteiger partial charge in [-0.15, -0.1) is 0 Å². The number of amides is 2. The lowest BCUT2D eigenvalue weighted by Gasteiger charge is -2.34. The largest absolute Gasteiger partial charge is 0.493 e. The van der Waals surface area contributed by atoms with Crippen LogP contribution in [0.1, 0.15) is 60.3 Å². The van der Waals surface area contributed by atoms with Crippen molar-refractivity contribution in [1.29, 1.82) is 0 Å². The van der Waals surface area contributed by atoms with Crippen LogP contribution >= 0.6 is 0 Å². The van der Waals surface area contributed by atoms with Gasteiger partial charge in [0, 0.05) is 49.4 Å². The molecular formula is C30H39N5O4. The topological polar surface area (TPSA) is 97.7 Å². The van der Waals surface area contributed by atoms with E-state index in [2.05, 4.69) is 16.7 Å². The molecule has 9 nitrogen and oxygen atoms in total. The van der Waals surface area contributed by atoms with Crippen molar-refractivity contribution in [2.45, 2.75) is 51.0 Å². The van der Waals surface area contributed by atoms with Crippen molar-refractivity contribution < 1.29 is 19.1 Å². The molecule has 2 fully saturated rings. The highest BCUT2D eigenvalue weighted by Crippen LogP contribution is 2.32. The van der Waals surface area contributed by atoms with E-state index in [9.17, 15) is 9.59 Å². The summed E-state index contributed by atoms with van der Waals surface area (Å²) in [7, 11) is 3.24. The molecule has 3 heterocycles. The van der Waals surface area contributed by atoms with E-state index in [0.717, 1.165) is 88.1 Å². The highest BCUT2D eigenvalue weighted by Gasteiger charge is 2.31. The Morgan fingerprint density at radius 1 is 1.03 bits per heavy atom. The number of aromatic nitrogens is 2. The van der Waals surface area contributed by atoms with E-state index in [-0.39, 0.29) is 23.8 Å². The first-order valence-corrected chi connectivity index (χ1v) is 14.1. The third kappa shape index (κ3) is 6.19. The molecule has 208 valence electrons.